The normalized spacial score (nSPS) is 16.1. The molecule has 1 amide bonds. The number of rotatable bonds is 2. The van der Waals surface area contributed by atoms with Gasteiger partial charge in [-0.1, -0.05) is 30.3 Å². The molecule has 0 aromatic heterocycles. The van der Waals surface area contributed by atoms with Crippen LogP contribution in [-0.4, -0.2) is 11.0 Å². The first-order chi connectivity index (χ1) is 11.0. The quantitative estimate of drug-likeness (QED) is 0.675. The molecule has 3 nitrogen and oxygen atoms in total. The second-order valence-electron chi connectivity index (χ2n) is 5.06. The van der Waals surface area contributed by atoms with Gasteiger partial charge in [-0.25, -0.2) is 8.78 Å². The second kappa shape index (κ2) is 5.89. The van der Waals surface area contributed by atoms with Crippen LogP contribution < -0.4 is 10.2 Å². The zero-order valence-electron chi connectivity index (χ0n) is 12.1. The first-order valence-corrected chi connectivity index (χ1v) is 7.26. The molecule has 0 unspecified atom stereocenters. The van der Waals surface area contributed by atoms with Gasteiger partial charge in [-0.05, 0) is 42.9 Å². The summed E-state index contributed by atoms with van der Waals surface area (Å²) in [7, 11) is 0. The summed E-state index contributed by atoms with van der Waals surface area (Å²) in [6, 6.07) is 11.1. The largest absolute Gasteiger partial charge is 0.327 e. The summed E-state index contributed by atoms with van der Waals surface area (Å²) in [6.45, 7) is 1.86. The van der Waals surface area contributed by atoms with Crippen LogP contribution in [0.15, 0.2) is 48.2 Å². The topological polar surface area (TPSA) is 32.3 Å². The lowest BCUT2D eigenvalue weighted by molar-refractivity contribution is -0.113. The van der Waals surface area contributed by atoms with E-state index in [4.69, 9.17) is 12.2 Å². The standard InChI is InChI=1S/C17H12F2N2OS/c1-10-5-2-3-8-14(10)21-16(22)13(20-17(21)23)9-11-6-4-7-12(18)15(11)19/h2-9H,1H3,(H,20,23). The molecule has 23 heavy (non-hydrogen) atoms. The molecule has 0 atom stereocenters. The van der Waals surface area contributed by atoms with Crippen molar-refractivity contribution in [1.82, 2.24) is 5.32 Å². The van der Waals surface area contributed by atoms with Gasteiger partial charge in [0.2, 0.25) is 0 Å². The number of aryl methyl sites for hydroxylation is 1. The van der Waals surface area contributed by atoms with Gasteiger partial charge in [0.05, 0.1) is 5.69 Å². The second-order valence-corrected chi connectivity index (χ2v) is 5.44. The van der Waals surface area contributed by atoms with Crippen molar-refractivity contribution in [3.05, 3.63) is 70.9 Å². The molecular formula is C17H12F2N2OS. The maximum Gasteiger partial charge on any atom is 0.281 e. The zero-order valence-corrected chi connectivity index (χ0v) is 13.0. The van der Waals surface area contributed by atoms with E-state index in [0.29, 0.717) is 5.69 Å². The lowest BCUT2D eigenvalue weighted by Gasteiger charge is -2.16. The van der Waals surface area contributed by atoms with Crippen molar-refractivity contribution < 1.29 is 13.6 Å². The van der Waals surface area contributed by atoms with E-state index in [9.17, 15) is 13.6 Å². The molecule has 1 N–H and O–H groups in total. The van der Waals surface area contributed by atoms with E-state index in [2.05, 4.69) is 5.32 Å². The Labute approximate surface area is 137 Å². The van der Waals surface area contributed by atoms with Crippen molar-refractivity contribution in [2.45, 2.75) is 6.92 Å². The van der Waals surface area contributed by atoms with E-state index < -0.39 is 17.5 Å². The SMILES string of the molecule is Cc1ccccc1N1C(=O)C(=Cc2cccc(F)c2F)NC1=S. The van der Waals surface area contributed by atoms with E-state index in [1.807, 2.05) is 19.1 Å². The molecule has 6 heteroatoms. The van der Waals surface area contributed by atoms with Crippen LogP contribution in [0.25, 0.3) is 6.08 Å². The number of hydrogen-bond donors (Lipinski definition) is 1. The fourth-order valence-electron chi connectivity index (χ4n) is 2.36. The Morgan fingerprint density at radius 3 is 2.61 bits per heavy atom. The fourth-order valence-corrected chi connectivity index (χ4v) is 2.65. The van der Waals surface area contributed by atoms with Crippen molar-refractivity contribution in [3.8, 4) is 0 Å². The lowest BCUT2D eigenvalue weighted by atomic mass is 10.1. The molecule has 1 aliphatic rings. The van der Waals surface area contributed by atoms with Crippen molar-refractivity contribution in [2.24, 2.45) is 0 Å². The summed E-state index contributed by atoms with van der Waals surface area (Å²) in [5.74, 6) is -2.38. The number of carbonyl (C=O) groups excluding carboxylic acids is 1. The van der Waals surface area contributed by atoms with Gasteiger partial charge >= 0.3 is 0 Å². The summed E-state index contributed by atoms with van der Waals surface area (Å²) >= 11 is 5.20. The number of anilines is 1. The molecule has 0 spiro atoms. The van der Waals surface area contributed by atoms with Gasteiger partial charge in [0.25, 0.3) is 5.91 Å². The third-order valence-corrected chi connectivity index (χ3v) is 3.80. The van der Waals surface area contributed by atoms with Crippen LogP contribution in [0.1, 0.15) is 11.1 Å². The van der Waals surface area contributed by atoms with E-state index in [-0.39, 0.29) is 16.4 Å². The van der Waals surface area contributed by atoms with Crippen LogP contribution in [0.4, 0.5) is 14.5 Å². The van der Waals surface area contributed by atoms with Gasteiger partial charge in [0, 0.05) is 5.56 Å². The van der Waals surface area contributed by atoms with E-state index >= 15 is 0 Å². The number of halogens is 2. The number of carbonyl (C=O) groups is 1. The summed E-state index contributed by atoms with van der Waals surface area (Å²) in [5, 5.41) is 2.96. The molecule has 2 aromatic carbocycles. The highest BCUT2D eigenvalue weighted by Crippen LogP contribution is 2.26. The predicted molar refractivity (Wildman–Crippen MR) is 88.7 cm³/mol. The van der Waals surface area contributed by atoms with Crippen molar-refractivity contribution >= 4 is 35.0 Å². The number of amides is 1. The summed E-state index contributed by atoms with van der Waals surface area (Å²) in [4.78, 5) is 13.9. The summed E-state index contributed by atoms with van der Waals surface area (Å²) < 4.78 is 27.0. The molecule has 1 heterocycles. The first-order valence-electron chi connectivity index (χ1n) is 6.86. The molecule has 0 radical (unpaired) electrons. The molecule has 1 saturated heterocycles. The fraction of sp³-hybridized carbons (Fsp3) is 0.0588. The number of nitrogens with zero attached hydrogens (tertiary/aromatic N) is 1. The molecule has 0 aliphatic carbocycles. The number of hydrogen-bond acceptors (Lipinski definition) is 2. The summed E-state index contributed by atoms with van der Waals surface area (Å²) in [6.07, 6.45) is 1.26. The molecule has 2 aromatic rings. The molecule has 116 valence electrons. The highest BCUT2D eigenvalue weighted by Gasteiger charge is 2.32. The van der Waals surface area contributed by atoms with Gasteiger partial charge in [-0.3, -0.25) is 9.69 Å². The number of nitrogens with one attached hydrogen (secondary N) is 1. The average molecular weight is 330 g/mol. The molecule has 1 fully saturated rings. The average Bonchev–Trinajstić information content (AvgIpc) is 2.79. The maximum atomic E-state index is 13.8. The highest BCUT2D eigenvalue weighted by atomic mass is 32.1. The van der Waals surface area contributed by atoms with Gasteiger partial charge in [-0.15, -0.1) is 0 Å². The van der Waals surface area contributed by atoms with Crippen LogP contribution in [0, 0.1) is 18.6 Å². The molecule has 3 rings (SSSR count). The van der Waals surface area contributed by atoms with Crippen LogP contribution in [0.3, 0.4) is 0 Å². The van der Waals surface area contributed by atoms with E-state index in [1.165, 1.54) is 23.1 Å². The maximum absolute atomic E-state index is 13.8. The Morgan fingerprint density at radius 1 is 1.13 bits per heavy atom. The Hall–Kier alpha value is -2.60. The van der Waals surface area contributed by atoms with Crippen molar-refractivity contribution in [3.63, 3.8) is 0 Å². The Bertz CT molecular complexity index is 848. The molecular weight excluding hydrogens is 318 g/mol. The zero-order chi connectivity index (χ0) is 16.6. The Balaban J connectivity index is 2.00. The number of para-hydroxylation sites is 1. The minimum absolute atomic E-state index is 0.0183. The minimum atomic E-state index is -1.00. The van der Waals surface area contributed by atoms with Crippen LogP contribution >= 0.6 is 12.2 Å². The van der Waals surface area contributed by atoms with Gasteiger partial charge in [0.15, 0.2) is 16.7 Å². The highest BCUT2D eigenvalue weighted by molar-refractivity contribution is 7.80. The lowest BCUT2D eigenvalue weighted by Crippen LogP contribution is -2.30. The van der Waals surface area contributed by atoms with Gasteiger partial charge < -0.3 is 5.32 Å². The van der Waals surface area contributed by atoms with Crippen LogP contribution in [-0.2, 0) is 4.79 Å². The van der Waals surface area contributed by atoms with Crippen LogP contribution in [0.5, 0.6) is 0 Å². The Morgan fingerprint density at radius 2 is 1.87 bits per heavy atom. The smallest absolute Gasteiger partial charge is 0.281 e. The third kappa shape index (κ3) is 2.73. The molecule has 0 bridgehead atoms. The monoisotopic (exact) mass is 330 g/mol. The first kappa shape index (κ1) is 15.3. The Kier molecular flexibility index (Phi) is 3.92. The molecule has 1 aliphatic heterocycles. The summed E-state index contributed by atoms with van der Waals surface area (Å²) in [5.41, 5.74) is 1.61. The van der Waals surface area contributed by atoms with Gasteiger partial charge in [0.1, 0.15) is 5.70 Å². The van der Waals surface area contributed by atoms with Crippen molar-refractivity contribution in [1.29, 1.82) is 0 Å². The van der Waals surface area contributed by atoms with Crippen LogP contribution in [0.2, 0.25) is 0 Å². The van der Waals surface area contributed by atoms with Crippen molar-refractivity contribution in [2.75, 3.05) is 4.90 Å². The predicted octanol–water partition coefficient (Wildman–Crippen LogP) is 3.54. The number of thiocarbonyl (C=S) groups is 1. The van der Waals surface area contributed by atoms with E-state index in [1.54, 1.807) is 12.1 Å². The third-order valence-electron chi connectivity index (χ3n) is 3.52. The van der Waals surface area contributed by atoms with Gasteiger partial charge in [-0.2, -0.15) is 0 Å². The molecule has 0 saturated carbocycles. The van der Waals surface area contributed by atoms with E-state index in [0.717, 1.165) is 11.6 Å². The minimum Gasteiger partial charge on any atom is -0.327 e. The number of benzene rings is 2.